The molecule has 2 aromatic carbocycles. The number of amides is 2. The number of hydrogen-bond acceptors (Lipinski definition) is 5. The van der Waals surface area contributed by atoms with Crippen LogP contribution in [0.5, 0.6) is 11.5 Å². The molecular formula is C23H27N3O4. The normalized spacial score (nSPS) is 18.7. The predicted molar refractivity (Wildman–Crippen MR) is 112 cm³/mol. The Morgan fingerprint density at radius 3 is 2.40 bits per heavy atom. The number of hydrogen-bond donors (Lipinski definition) is 1. The predicted octanol–water partition coefficient (Wildman–Crippen LogP) is 1.68. The summed E-state index contributed by atoms with van der Waals surface area (Å²) in [4.78, 5) is 29.1. The van der Waals surface area contributed by atoms with E-state index in [1.807, 2.05) is 41.3 Å². The van der Waals surface area contributed by atoms with E-state index in [0.29, 0.717) is 18.0 Å². The van der Waals surface area contributed by atoms with Crippen LogP contribution >= 0.6 is 0 Å². The third kappa shape index (κ3) is 5.10. The highest BCUT2D eigenvalue weighted by atomic mass is 16.6. The third-order valence-corrected chi connectivity index (χ3v) is 5.41. The van der Waals surface area contributed by atoms with Gasteiger partial charge in [0.2, 0.25) is 12.0 Å². The van der Waals surface area contributed by atoms with Gasteiger partial charge in [-0.2, -0.15) is 0 Å². The number of rotatable bonds is 6. The smallest absolute Gasteiger partial charge is 0.264 e. The van der Waals surface area contributed by atoms with Gasteiger partial charge in [-0.05, 0) is 17.7 Å². The molecule has 2 aromatic rings. The Hall–Kier alpha value is -3.06. The minimum absolute atomic E-state index is 0.0702. The lowest BCUT2D eigenvalue weighted by atomic mass is 10.2. The summed E-state index contributed by atoms with van der Waals surface area (Å²) < 4.78 is 11.3. The first-order valence-electron chi connectivity index (χ1n) is 10.4. The monoisotopic (exact) mass is 409 g/mol. The number of fused-ring (bicyclic) bond motifs is 1. The third-order valence-electron chi connectivity index (χ3n) is 5.41. The topological polar surface area (TPSA) is 71.1 Å². The Balaban J connectivity index is 1.15. The lowest BCUT2D eigenvalue weighted by molar-refractivity contribution is -0.133. The minimum Gasteiger partial charge on any atom is -0.485 e. The Bertz CT molecular complexity index is 866. The van der Waals surface area contributed by atoms with E-state index in [-0.39, 0.29) is 24.8 Å². The molecule has 0 radical (unpaired) electrons. The van der Waals surface area contributed by atoms with Crippen molar-refractivity contribution in [3.8, 4) is 11.5 Å². The van der Waals surface area contributed by atoms with E-state index in [1.165, 1.54) is 5.56 Å². The molecule has 1 atom stereocenters. The van der Waals surface area contributed by atoms with E-state index in [4.69, 9.17) is 9.47 Å². The second-order valence-electron chi connectivity index (χ2n) is 7.55. The van der Waals surface area contributed by atoms with Gasteiger partial charge in [0.25, 0.3) is 5.91 Å². The van der Waals surface area contributed by atoms with Gasteiger partial charge < -0.3 is 19.7 Å². The fraction of sp³-hybridized carbons (Fsp3) is 0.391. The number of piperazine rings is 1. The molecule has 7 nitrogen and oxygen atoms in total. The van der Waals surface area contributed by atoms with E-state index in [9.17, 15) is 9.59 Å². The Labute approximate surface area is 176 Å². The molecule has 1 unspecified atom stereocenters. The summed E-state index contributed by atoms with van der Waals surface area (Å²) in [6, 6.07) is 17.6. The van der Waals surface area contributed by atoms with Gasteiger partial charge in [-0.3, -0.25) is 14.5 Å². The van der Waals surface area contributed by atoms with Crippen LogP contribution < -0.4 is 14.8 Å². The first-order chi connectivity index (χ1) is 14.7. The van der Waals surface area contributed by atoms with Crippen LogP contribution in [0.3, 0.4) is 0 Å². The molecule has 2 aliphatic heterocycles. The molecule has 0 spiro atoms. The second-order valence-corrected chi connectivity index (χ2v) is 7.55. The van der Waals surface area contributed by atoms with Crippen LogP contribution in [0.1, 0.15) is 12.0 Å². The molecule has 2 amide bonds. The molecule has 7 heteroatoms. The van der Waals surface area contributed by atoms with Crippen molar-refractivity contribution < 1.29 is 19.1 Å². The SMILES string of the molecule is O=C(NCCC(=O)N1CCN(Cc2ccccc2)CC1)C1COc2ccccc2O1. The summed E-state index contributed by atoms with van der Waals surface area (Å²) in [5.74, 6) is 1.02. The summed E-state index contributed by atoms with van der Waals surface area (Å²) in [6.45, 7) is 4.53. The van der Waals surface area contributed by atoms with E-state index in [2.05, 4.69) is 22.3 Å². The number of nitrogens with zero attached hydrogens (tertiary/aromatic N) is 2. The van der Waals surface area contributed by atoms with Gasteiger partial charge in [-0.25, -0.2) is 0 Å². The summed E-state index contributed by atoms with van der Waals surface area (Å²) >= 11 is 0. The first kappa shape index (κ1) is 20.2. The maximum Gasteiger partial charge on any atom is 0.264 e. The Morgan fingerprint density at radius 2 is 1.63 bits per heavy atom. The van der Waals surface area contributed by atoms with Crippen LogP contribution in [0.15, 0.2) is 54.6 Å². The van der Waals surface area contributed by atoms with Crippen LogP contribution in [0.2, 0.25) is 0 Å². The lowest BCUT2D eigenvalue weighted by Gasteiger charge is -2.35. The van der Waals surface area contributed by atoms with Crippen molar-refractivity contribution in [1.82, 2.24) is 15.1 Å². The molecule has 0 saturated carbocycles. The van der Waals surface area contributed by atoms with Crippen molar-refractivity contribution in [2.24, 2.45) is 0 Å². The van der Waals surface area contributed by atoms with Gasteiger partial charge in [0.05, 0.1) is 0 Å². The number of carbonyl (C=O) groups excluding carboxylic acids is 2. The molecule has 1 saturated heterocycles. The van der Waals surface area contributed by atoms with Gasteiger partial charge in [-0.1, -0.05) is 42.5 Å². The van der Waals surface area contributed by atoms with E-state index in [1.54, 1.807) is 6.07 Å². The molecule has 2 heterocycles. The van der Waals surface area contributed by atoms with Gasteiger partial charge in [0.1, 0.15) is 6.61 Å². The number of ether oxygens (including phenoxy) is 2. The van der Waals surface area contributed by atoms with Crippen molar-refractivity contribution in [1.29, 1.82) is 0 Å². The van der Waals surface area contributed by atoms with Gasteiger partial charge >= 0.3 is 0 Å². The van der Waals surface area contributed by atoms with Gasteiger partial charge in [0.15, 0.2) is 11.5 Å². The number of benzene rings is 2. The van der Waals surface area contributed by atoms with Crippen molar-refractivity contribution >= 4 is 11.8 Å². The molecule has 158 valence electrons. The average molecular weight is 409 g/mol. The largest absolute Gasteiger partial charge is 0.485 e. The second kappa shape index (κ2) is 9.63. The Morgan fingerprint density at radius 1 is 0.933 bits per heavy atom. The maximum absolute atomic E-state index is 12.5. The number of carbonyl (C=O) groups is 2. The Kier molecular flexibility index (Phi) is 6.49. The van der Waals surface area contributed by atoms with Crippen LogP contribution in [0.4, 0.5) is 0 Å². The minimum atomic E-state index is -0.698. The summed E-state index contributed by atoms with van der Waals surface area (Å²) in [6.07, 6.45) is -0.411. The van der Waals surface area contributed by atoms with Crippen molar-refractivity contribution in [3.63, 3.8) is 0 Å². The molecule has 1 N–H and O–H groups in total. The zero-order valence-corrected chi connectivity index (χ0v) is 17.0. The molecule has 0 aliphatic carbocycles. The average Bonchev–Trinajstić information content (AvgIpc) is 2.79. The van der Waals surface area contributed by atoms with Crippen molar-refractivity contribution in [2.75, 3.05) is 39.3 Å². The van der Waals surface area contributed by atoms with Crippen molar-refractivity contribution in [2.45, 2.75) is 19.1 Å². The quantitative estimate of drug-likeness (QED) is 0.786. The van der Waals surface area contributed by atoms with Crippen LogP contribution in [0, 0.1) is 0 Å². The van der Waals surface area contributed by atoms with Crippen LogP contribution in [0.25, 0.3) is 0 Å². The molecule has 1 fully saturated rings. The van der Waals surface area contributed by atoms with Crippen molar-refractivity contribution in [3.05, 3.63) is 60.2 Å². The van der Waals surface area contributed by atoms with E-state index in [0.717, 1.165) is 32.7 Å². The highest BCUT2D eigenvalue weighted by Gasteiger charge is 2.27. The van der Waals surface area contributed by atoms with E-state index < -0.39 is 6.10 Å². The highest BCUT2D eigenvalue weighted by molar-refractivity contribution is 5.83. The number of nitrogens with one attached hydrogen (secondary N) is 1. The zero-order chi connectivity index (χ0) is 20.8. The summed E-state index contributed by atoms with van der Waals surface area (Å²) in [5.41, 5.74) is 1.29. The van der Waals surface area contributed by atoms with Crippen LogP contribution in [-0.4, -0.2) is 67.0 Å². The maximum atomic E-state index is 12.5. The fourth-order valence-electron chi connectivity index (χ4n) is 3.71. The van der Waals surface area contributed by atoms with Gasteiger partial charge in [-0.15, -0.1) is 0 Å². The lowest BCUT2D eigenvalue weighted by Crippen LogP contribution is -2.49. The first-order valence-corrected chi connectivity index (χ1v) is 10.4. The van der Waals surface area contributed by atoms with Crippen LogP contribution in [-0.2, 0) is 16.1 Å². The summed E-state index contributed by atoms with van der Waals surface area (Å²) in [5, 5.41) is 2.79. The molecule has 30 heavy (non-hydrogen) atoms. The highest BCUT2D eigenvalue weighted by Crippen LogP contribution is 2.30. The fourth-order valence-corrected chi connectivity index (χ4v) is 3.71. The van der Waals surface area contributed by atoms with E-state index >= 15 is 0 Å². The molecule has 2 aliphatic rings. The van der Waals surface area contributed by atoms with Gasteiger partial charge in [0, 0.05) is 45.7 Å². The standard InChI is InChI=1S/C23H27N3O4/c27-22(26-14-12-25(13-15-26)16-18-6-2-1-3-7-18)10-11-24-23(28)21-17-29-19-8-4-5-9-20(19)30-21/h1-9,21H,10-17H2,(H,24,28). The molecule has 0 bridgehead atoms. The molecule has 0 aromatic heterocycles. The molecular weight excluding hydrogens is 382 g/mol. The summed E-state index contributed by atoms with van der Waals surface area (Å²) in [7, 11) is 0. The zero-order valence-electron chi connectivity index (χ0n) is 17.0. The number of para-hydroxylation sites is 2. The molecule has 4 rings (SSSR count).